The first kappa shape index (κ1) is 20.0. The monoisotopic (exact) mass is 328 g/mol. The normalized spacial score (nSPS) is 15.7. The Labute approximate surface area is 147 Å². The molecular formula is C20H32N4. The van der Waals surface area contributed by atoms with Gasteiger partial charge in [-0.1, -0.05) is 36.5 Å². The van der Waals surface area contributed by atoms with Crippen molar-refractivity contribution in [3.8, 4) is 0 Å². The smallest absolute Gasteiger partial charge is 0.0849 e. The first-order valence-electron chi connectivity index (χ1n) is 8.73. The van der Waals surface area contributed by atoms with Crippen molar-refractivity contribution in [3.63, 3.8) is 0 Å². The van der Waals surface area contributed by atoms with E-state index >= 15 is 0 Å². The molecule has 0 aromatic carbocycles. The Hall–Kier alpha value is -2.07. The van der Waals surface area contributed by atoms with Crippen LogP contribution in [-0.4, -0.2) is 44.5 Å². The van der Waals surface area contributed by atoms with Gasteiger partial charge in [0.15, 0.2) is 0 Å². The van der Waals surface area contributed by atoms with Crippen molar-refractivity contribution in [1.29, 1.82) is 0 Å². The molecule has 1 aliphatic rings. The maximum absolute atomic E-state index is 6.15. The minimum Gasteiger partial charge on any atom is -0.398 e. The van der Waals surface area contributed by atoms with Crippen molar-refractivity contribution in [2.75, 3.05) is 33.2 Å². The van der Waals surface area contributed by atoms with Gasteiger partial charge in [0.05, 0.1) is 6.34 Å². The lowest BCUT2D eigenvalue weighted by molar-refractivity contribution is 0.502. The molecule has 132 valence electrons. The number of hydrogen-bond donors (Lipinski definition) is 2. The minimum atomic E-state index is 0.856. The molecule has 0 heterocycles. The van der Waals surface area contributed by atoms with Crippen molar-refractivity contribution in [3.05, 3.63) is 59.4 Å². The summed E-state index contributed by atoms with van der Waals surface area (Å²) in [6.07, 6.45) is 18.7. The van der Waals surface area contributed by atoms with Crippen molar-refractivity contribution >= 4 is 6.34 Å². The molecule has 0 spiro atoms. The van der Waals surface area contributed by atoms with Crippen LogP contribution >= 0.6 is 0 Å². The summed E-state index contributed by atoms with van der Waals surface area (Å²) in [5.74, 6) is 0. The molecule has 0 radical (unpaired) electrons. The van der Waals surface area contributed by atoms with Crippen LogP contribution in [0.1, 0.15) is 26.7 Å². The van der Waals surface area contributed by atoms with Gasteiger partial charge in [0.25, 0.3) is 0 Å². The average Bonchev–Trinajstić information content (AvgIpc) is 2.81. The fraction of sp³-hybridized carbons (Fsp3) is 0.450. The highest BCUT2D eigenvalue weighted by atomic mass is 15.1. The molecule has 0 saturated heterocycles. The summed E-state index contributed by atoms with van der Waals surface area (Å²) in [7, 11) is 1.80. The molecule has 0 fully saturated rings. The van der Waals surface area contributed by atoms with Crippen molar-refractivity contribution < 1.29 is 0 Å². The molecule has 0 aliphatic heterocycles. The van der Waals surface area contributed by atoms with Gasteiger partial charge in [-0.15, -0.1) is 0 Å². The van der Waals surface area contributed by atoms with Crippen LogP contribution in [0.2, 0.25) is 0 Å². The van der Waals surface area contributed by atoms with Crippen molar-refractivity contribution in [1.82, 2.24) is 10.2 Å². The molecule has 1 rings (SSSR count). The highest BCUT2D eigenvalue weighted by molar-refractivity contribution is 5.54. The third-order valence-electron chi connectivity index (χ3n) is 3.90. The number of nitrogens with one attached hydrogen (secondary N) is 1. The predicted molar refractivity (Wildman–Crippen MR) is 106 cm³/mol. The molecule has 24 heavy (non-hydrogen) atoms. The molecule has 3 N–H and O–H groups in total. The summed E-state index contributed by atoms with van der Waals surface area (Å²) in [6.45, 7) is 7.90. The standard InChI is InChI=1S/C20H32N4/c1-4-18(19-11-7-6-8-12-20(19)21)13-15-23-14-9-10-16-24(5-2)17-22-3/h4,6,8-12,17,23H,5,7,13-16,21H2,1-3H3/b10-9?,18-4-,22-17-. The van der Waals surface area contributed by atoms with Gasteiger partial charge >= 0.3 is 0 Å². The lowest BCUT2D eigenvalue weighted by Crippen LogP contribution is -2.22. The SMILES string of the molecule is C/C=C(/CCNCC=CCN(/C=N\C)CC)C1=CCC=CC=C1N. The van der Waals surface area contributed by atoms with Crippen LogP contribution in [0.15, 0.2) is 64.4 Å². The van der Waals surface area contributed by atoms with Crippen LogP contribution in [0.4, 0.5) is 0 Å². The van der Waals surface area contributed by atoms with E-state index in [-0.39, 0.29) is 0 Å². The van der Waals surface area contributed by atoms with Crippen LogP contribution in [-0.2, 0) is 0 Å². The molecule has 0 saturated carbocycles. The predicted octanol–water partition coefficient (Wildman–Crippen LogP) is 3.18. The van der Waals surface area contributed by atoms with Gasteiger partial charge in [-0.2, -0.15) is 0 Å². The second kappa shape index (κ2) is 12.4. The zero-order chi connectivity index (χ0) is 17.6. The Balaban J connectivity index is 2.32. The number of nitrogens with two attached hydrogens (primary N) is 1. The lowest BCUT2D eigenvalue weighted by atomic mass is 9.99. The Bertz CT molecular complexity index is 536. The van der Waals surface area contributed by atoms with Crippen LogP contribution in [0.25, 0.3) is 0 Å². The largest absolute Gasteiger partial charge is 0.398 e. The van der Waals surface area contributed by atoms with Crippen molar-refractivity contribution in [2.24, 2.45) is 10.7 Å². The Morgan fingerprint density at radius 3 is 2.96 bits per heavy atom. The molecule has 0 bridgehead atoms. The second-order valence-corrected chi connectivity index (χ2v) is 5.60. The number of rotatable bonds is 10. The fourth-order valence-corrected chi connectivity index (χ4v) is 2.52. The summed E-state index contributed by atoms with van der Waals surface area (Å²) < 4.78 is 0. The maximum Gasteiger partial charge on any atom is 0.0849 e. The fourth-order valence-electron chi connectivity index (χ4n) is 2.52. The van der Waals surface area contributed by atoms with Gasteiger partial charge < -0.3 is 16.0 Å². The number of aliphatic imine (C=N–C) groups is 1. The van der Waals surface area contributed by atoms with Gasteiger partial charge in [-0.3, -0.25) is 4.99 Å². The van der Waals surface area contributed by atoms with Gasteiger partial charge in [-0.05, 0) is 50.5 Å². The molecule has 4 heteroatoms. The third-order valence-corrected chi connectivity index (χ3v) is 3.90. The molecule has 1 aliphatic carbocycles. The second-order valence-electron chi connectivity index (χ2n) is 5.60. The van der Waals surface area contributed by atoms with E-state index in [0.29, 0.717) is 0 Å². The summed E-state index contributed by atoms with van der Waals surface area (Å²) in [4.78, 5) is 6.20. The minimum absolute atomic E-state index is 0.856. The number of allylic oxidation sites excluding steroid dienone is 6. The Morgan fingerprint density at radius 1 is 1.42 bits per heavy atom. The van der Waals surface area contributed by atoms with E-state index in [1.165, 1.54) is 11.1 Å². The van der Waals surface area contributed by atoms with Crippen LogP contribution in [0.5, 0.6) is 0 Å². The van der Waals surface area contributed by atoms with E-state index in [0.717, 1.165) is 44.7 Å². The van der Waals surface area contributed by atoms with E-state index in [1.807, 2.05) is 18.5 Å². The summed E-state index contributed by atoms with van der Waals surface area (Å²) in [5, 5.41) is 3.46. The molecule has 0 amide bonds. The molecular weight excluding hydrogens is 296 g/mol. The van der Waals surface area contributed by atoms with Gasteiger partial charge in [0, 0.05) is 32.4 Å². The van der Waals surface area contributed by atoms with Crippen LogP contribution in [0.3, 0.4) is 0 Å². The van der Waals surface area contributed by atoms with E-state index < -0.39 is 0 Å². The zero-order valence-corrected chi connectivity index (χ0v) is 15.3. The molecule has 0 unspecified atom stereocenters. The highest BCUT2D eigenvalue weighted by Crippen LogP contribution is 2.21. The van der Waals surface area contributed by atoms with E-state index in [9.17, 15) is 0 Å². The summed E-state index contributed by atoms with van der Waals surface area (Å²) >= 11 is 0. The summed E-state index contributed by atoms with van der Waals surface area (Å²) in [5.41, 5.74) is 9.48. The molecule has 0 atom stereocenters. The van der Waals surface area contributed by atoms with Gasteiger partial charge in [0.1, 0.15) is 0 Å². The van der Waals surface area contributed by atoms with Crippen molar-refractivity contribution in [2.45, 2.75) is 26.7 Å². The Kier molecular flexibility index (Phi) is 10.3. The number of hydrogen-bond acceptors (Lipinski definition) is 3. The lowest BCUT2D eigenvalue weighted by Gasteiger charge is -2.14. The summed E-state index contributed by atoms with van der Waals surface area (Å²) in [6, 6.07) is 0. The van der Waals surface area contributed by atoms with E-state index in [1.54, 1.807) is 7.05 Å². The quantitative estimate of drug-likeness (QED) is 0.280. The highest BCUT2D eigenvalue weighted by Gasteiger charge is 2.07. The van der Waals surface area contributed by atoms with E-state index in [2.05, 4.69) is 59.4 Å². The topological polar surface area (TPSA) is 53.6 Å². The molecule has 0 aromatic rings. The van der Waals surface area contributed by atoms with Crippen LogP contribution < -0.4 is 11.1 Å². The van der Waals surface area contributed by atoms with Crippen LogP contribution in [0, 0.1) is 0 Å². The molecule has 4 nitrogen and oxygen atoms in total. The molecule has 0 aromatic heterocycles. The first-order chi connectivity index (χ1) is 11.7. The van der Waals surface area contributed by atoms with Gasteiger partial charge in [0.2, 0.25) is 0 Å². The van der Waals surface area contributed by atoms with Gasteiger partial charge in [-0.25, -0.2) is 0 Å². The number of nitrogens with zero attached hydrogens (tertiary/aromatic N) is 2. The van der Waals surface area contributed by atoms with E-state index in [4.69, 9.17) is 5.73 Å². The first-order valence-corrected chi connectivity index (χ1v) is 8.73. The zero-order valence-electron chi connectivity index (χ0n) is 15.3. The maximum atomic E-state index is 6.15. The Morgan fingerprint density at radius 2 is 2.25 bits per heavy atom. The average molecular weight is 329 g/mol. The third kappa shape index (κ3) is 7.47. The number of likely N-dealkylation sites (N-methyl/N-ethyl adjacent to an activating group) is 1.